The molecule has 0 radical (unpaired) electrons. The summed E-state index contributed by atoms with van der Waals surface area (Å²) in [6, 6.07) is 13.2. The largest absolute Gasteiger partial charge is 0.378 e. The average Bonchev–Trinajstić information content (AvgIpc) is 2.83. The Hall–Kier alpha value is -3.79. The Morgan fingerprint density at radius 1 is 1.00 bits per heavy atom. The molecule has 0 amide bonds. The summed E-state index contributed by atoms with van der Waals surface area (Å²) in [7, 11) is 0. The first-order valence-corrected chi connectivity index (χ1v) is 10.0. The maximum atomic E-state index is 10.7. The molecule has 2 aromatic heterocycles. The van der Waals surface area contributed by atoms with Gasteiger partial charge in [-0.2, -0.15) is 0 Å². The third kappa shape index (κ3) is 5.43. The molecular weight excluding hydrogens is 398 g/mol. The quantitative estimate of drug-likeness (QED) is 0.321. The van der Waals surface area contributed by atoms with E-state index in [4.69, 9.17) is 4.74 Å². The number of hydrogen-bond acceptors (Lipinski definition) is 9. The predicted molar refractivity (Wildman–Crippen MR) is 118 cm³/mol. The fourth-order valence-corrected chi connectivity index (χ4v) is 3.23. The average molecular weight is 421 g/mol. The number of ether oxygens (including phenoxy) is 1. The van der Waals surface area contributed by atoms with Gasteiger partial charge in [0.25, 0.3) is 5.69 Å². The molecule has 0 saturated carbocycles. The van der Waals surface area contributed by atoms with Gasteiger partial charge in [0.1, 0.15) is 12.0 Å². The minimum Gasteiger partial charge on any atom is -0.378 e. The highest BCUT2D eigenvalue weighted by molar-refractivity contribution is 5.64. The van der Waals surface area contributed by atoms with Gasteiger partial charge in [-0.1, -0.05) is 12.1 Å². The van der Waals surface area contributed by atoms with Crippen LogP contribution < -0.4 is 15.5 Å². The molecule has 1 fully saturated rings. The molecule has 1 aromatic carbocycles. The third-order valence-corrected chi connectivity index (χ3v) is 4.87. The highest BCUT2D eigenvalue weighted by Crippen LogP contribution is 2.23. The Balaban J connectivity index is 1.30. The minimum atomic E-state index is -0.473. The van der Waals surface area contributed by atoms with Crippen molar-refractivity contribution in [2.24, 2.45) is 0 Å². The molecule has 4 rings (SSSR count). The molecule has 1 saturated heterocycles. The van der Waals surface area contributed by atoms with E-state index in [0.29, 0.717) is 24.9 Å². The monoisotopic (exact) mass is 421 g/mol. The summed E-state index contributed by atoms with van der Waals surface area (Å²) in [6.07, 6.45) is 2.96. The summed E-state index contributed by atoms with van der Waals surface area (Å²) in [5.41, 5.74) is 3.02. The molecule has 2 N–H and O–H groups in total. The smallest absolute Gasteiger partial charge is 0.287 e. The van der Waals surface area contributed by atoms with Crippen molar-refractivity contribution in [3.8, 4) is 11.3 Å². The lowest BCUT2D eigenvalue weighted by molar-refractivity contribution is -0.385. The van der Waals surface area contributed by atoms with Gasteiger partial charge in [0.05, 0.1) is 23.8 Å². The van der Waals surface area contributed by atoms with E-state index >= 15 is 0 Å². The fourth-order valence-electron chi connectivity index (χ4n) is 3.23. The zero-order valence-corrected chi connectivity index (χ0v) is 16.9. The fraction of sp³-hybridized carbons (Fsp3) is 0.286. The molecule has 0 unspecified atom stereocenters. The van der Waals surface area contributed by atoms with Crippen LogP contribution in [0.4, 0.5) is 23.1 Å². The number of nitrogens with zero attached hydrogens (tertiary/aromatic N) is 5. The first-order chi connectivity index (χ1) is 15.2. The van der Waals surface area contributed by atoms with E-state index in [0.717, 1.165) is 37.6 Å². The zero-order chi connectivity index (χ0) is 21.5. The van der Waals surface area contributed by atoms with Gasteiger partial charge in [0, 0.05) is 49.7 Å². The molecule has 1 aliphatic rings. The summed E-state index contributed by atoms with van der Waals surface area (Å²) in [5.74, 6) is 1.11. The van der Waals surface area contributed by atoms with Crippen LogP contribution in [0.15, 0.2) is 54.9 Å². The van der Waals surface area contributed by atoms with Gasteiger partial charge < -0.3 is 20.3 Å². The van der Waals surface area contributed by atoms with Crippen LogP contribution in [0.1, 0.15) is 0 Å². The summed E-state index contributed by atoms with van der Waals surface area (Å²) in [5, 5.41) is 16.9. The Labute approximate surface area is 179 Å². The summed E-state index contributed by atoms with van der Waals surface area (Å²) in [6.45, 7) is 4.47. The van der Waals surface area contributed by atoms with Crippen molar-refractivity contribution >= 4 is 23.1 Å². The van der Waals surface area contributed by atoms with Gasteiger partial charge in [-0.05, 0) is 24.3 Å². The van der Waals surface area contributed by atoms with Crippen molar-refractivity contribution < 1.29 is 9.66 Å². The first-order valence-electron chi connectivity index (χ1n) is 10.0. The minimum absolute atomic E-state index is 0.0353. The van der Waals surface area contributed by atoms with Gasteiger partial charge in [-0.15, -0.1) is 0 Å². The van der Waals surface area contributed by atoms with E-state index in [9.17, 15) is 10.1 Å². The van der Waals surface area contributed by atoms with Gasteiger partial charge in [0.2, 0.25) is 5.95 Å². The standard InChI is InChI=1S/C21H23N7O3/c29-28(30)18-5-6-20(25-15-18)22-9-10-24-21-23-8-7-19(26-21)16-1-3-17(4-2-16)27-11-13-31-14-12-27/h1-8,15H,9-14H2,(H,22,25)(H,23,24,26). The van der Waals surface area contributed by atoms with E-state index in [1.165, 1.54) is 18.0 Å². The zero-order valence-electron chi connectivity index (χ0n) is 16.9. The number of anilines is 3. The van der Waals surface area contributed by atoms with Crippen LogP contribution >= 0.6 is 0 Å². The number of pyridine rings is 1. The molecule has 0 spiro atoms. The highest BCUT2D eigenvalue weighted by Gasteiger charge is 2.11. The van der Waals surface area contributed by atoms with Crippen LogP contribution in [0.5, 0.6) is 0 Å². The molecule has 0 aliphatic carbocycles. The lowest BCUT2D eigenvalue weighted by atomic mass is 10.1. The van der Waals surface area contributed by atoms with Crippen LogP contribution in [0, 0.1) is 10.1 Å². The van der Waals surface area contributed by atoms with Crippen molar-refractivity contribution in [1.29, 1.82) is 0 Å². The Kier molecular flexibility index (Phi) is 6.48. The molecule has 1 aliphatic heterocycles. The normalized spacial score (nSPS) is 13.6. The van der Waals surface area contributed by atoms with Gasteiger partial charge >= 0.3 is 0 Å². The van der Waals surface area contributed by atoms with Gasteiger partial charge in [0.15, 0.2) is 0 Å². The van der Waals surface area contributed by atoms with Crippen molar-refractivity contribution in [3.63, 3.8) is 0 Å². The van der Waals surface area contributed by atoms with Crippen LogP contribution in [0.25, 0.3) is 11.3 Å². The Bertz CT molecular complexity index is 1010. The number of hydrogen-bond donors (Lipinski definition) is 2. The molecule has 160 valence electrons. The first kappa shape index (κ1) is 20.5. The number of nitrogens with one attached hydrogen (secondary N) is 2. The number of aromatic nitrogens is 3. The molecule has 10 heteroatoms. The molecule has 0 bridgehead atoms. The van der Waals surface area contributed by atoms with Crippen LogP contribution in [0.3, 0.4) is 0 Å². The van der Waals surface area contributed by atoms with Crippen molar-refractivity contribution in [2.75, 3.05) is 54.9 Å². The van der Waals surface area contributed by atoms with E-state index in [1.807, 2.05) is 6.07 Å². The molecular formula is C21H23N7O3. The Morgan fingerprint density at radius 2 is 1.77 bits per heavy atom. The van der Waals surface area contributed by atoms with E-state index in [-0.39, 0.29) is 5.69 Å². The maximum Gasteiger partial charge on any atom is 0.287 e. The second-order valence-electron chi connectivity index (χ2n) is 6.92. The highest BCUT2D eigenvalue weighted by atomic mass is 16.6. The van der Waals surface area contributed by atoms with Crippen LogP contribution in [-0.2, 0) is 4.74 Å². The second-order valence-corrected chi connectivity index (χ2v) is 6.92. The van der Waals surface area contributed by atoms with Gasteiger partial charge in [-0.25, -0.2) is 15.0 Å². The third-order valence-electron chi connectivity index (χ3n) is 4.87. The lowest BCUT2D eigenvalue weighted by Gasteiger charge is -2.28. The number of nitro groups is 1. The van der Waals surface area contributed by atoms with Crippen LogP contribution in [-0.4, -0.2) is 59.3 Å². The van der Waals surface area contributed by atoms with Crippen LogP contribution in [0.2, 0.25) is 0 Å². The number of rotatable bonds is 8. The second kappa shape index (κ2) is 9.81. The van der Waals surface area contributed by atoms with Crippen molar-refractivity contribution in [3.05, 3.63) is 65.0 Å². The topological polar surface area (TPSA) is 118 Å². The molecule has 3 heterocycles. The van der Waals surface area contributed by atoms with E-state index < -0.39 is 4.92 Å². The van der Waals surface area contributed by atoms with E-state index in [1.54, 1.807) is 12.3 Å². The van der Waals surface area contributed by atoms with Crippen molar-refractivity contribution in [2.45, 2.75) is 0 Å². The predicted octanol–water partition coefficient (Wildman–Crippen LogP) is 2.81. The number of benzene rings is 1. The maximum absolute atomic E-state index is 10.7. The summed E-state index contributed by atoms with van der Waals surface area (Å²) < 4.78 is 5.41. The molecule has 31 heavy (non-hydrogen) atoms. The lowest BCUT2D eigenvalue weighted by Crippen LogP contribution is -2.36. The molecule has 10 nitrogen and oxygen atoms in total. The van der Waals surface area contributed by atoms with Gasteiger partial charge in [-0.3, -0.25) is 10.1 Å². The van der Waals surface area contributed by atoms with E-state index in [2.05, 4.69) is 54.8 Å². The molecule has 3 aromatic rings. The Morgan fingerprint density at radius 3 is 2.48 bits per heavy atom. The number of morpholine rings is 1. The summed E-state index contributed by atoms with van der Waals surface area (Å²) in [4.78, 5) is 25.4. The summed E-state index contributed by atoms with van der Waals surface area (Å²) >= 11 is 0. The molecule has 0 atom stereocenters. The SMILES string of the molecule is O=[N+]([O-])c1ccc(NCCNc2nccc(-c3ccc(N4CCOCC4)cc3)n2)nc1. The van der Waals surface area contributed by atoms with Crippen molar-refractivity contribution in [1.82, 2.24) is 15.0 Å².